The molecule has 0 aliphatic carbocycles. The van der Waals surface area contributed by atoms with Crippen LogP contribution in [0.15, 0.2) is 77.7 Å². The summed E-state index contributed by atoms with van der Waals surface area (Å²) in [6, 6.07) is 18.2. The SMILES string of the molecule is CS(=O)(=O)Oc1ccccc1C(=CCSc1ccc(OCC(=O)O)cc1I)c1ccccc1OS(C)(=O)=O. The Morgan fingerprint density at radius 2 is 1.42 bits per heavy atom. The third-order valence-corrected chi connectivity index (χ3v) is 7.85. The van der Waals surface area contributed by atoms with Gasteiger partial charge >= 0.3 is 26.2 Å². The summed E-state index contributed by atoms with van der Waals surface area (Å²) in [7, 11) is -7.69. The molecule has 0 unspecified atom stereocenters. The molecular formula is C25H23IO9S3. The van der Waals surface area contributed by atoms with E-state index in [-0.39, 0.29) is 11.5 Å². The van der Waals surface area contributed by atoms with Crippen LogP contribution in [-0.2, 0) is 25.0 Å². The maximum Gasteiger partial charge on any atom is 0.341 e. The van der Waals surface area contributed by atoms with Gasteiger partial charge in [0.25, 0.3) is 0 Å². The van der Waals surface area contributed by atoms with E-state index in [1.165, 1.54) is 23.9 Å². The van der Waals surface area contributed by atoms with Crippen LogP contribution in [0.2, 0.25) is 0 Å². The highest BCUT2D eigenvalue weighted by molar-refractivity contribution is 14.1. The van der Waals surface area contributed by atoms with Gasteiger partial charge in [0.05, 0.1) is 12.5 Å². The monoisotopic (exact) mass is 690 g/mol. The van der Waals surface area contributed by atoms with Gasteiger partial charge in [0, 0.05) is 25.3 Å². The van der Waals surface area contributed by atoms with E-state index in [2.05, 4.69) is 22.6 Å². The number of carbonyl (C=O) groups is 1. The van der Waals surface area contributed by atoms with Crippen molar-refractivity contribution in [2.75, 3.05) is 24.9 Å². The van der Waals surface area contributed by atoms with E-state index < -0.39 is 32.8 Å². The van der Waals surface area contributed by atoms with Gasteiger partial charge in [-0.15, -0.1) is 11.8 Å². The number of halogens is 1. The average molecular weight is 691 g/mol. The summed E-state index contributed by atoms with van der Waals surface area (Å²) in [5.74, 6) is -0.0847. The molecule has 0 aliphatic heterocycles. The van der Waals surface area contributed by atoms with Crippen LogP contribution in [0, 0.1) is 3.57 Å². The maximum atomic E-state index is 11.9. The van der Waals surface area contributed by atoms with E-state index in [1.54, 1.807) is 54.6 Å². The average Bonchev–Trinajstić information content (AvgIpc) is 2.81. The van der Waals surface area contributed by atoms with E-state index in [9.17, 15) is 21.6 Å². The fraction of sp³-hybridized carbons (Fsp3) is 0.160. The van der Waals surface area contributed by atoms with Gasteiger partial charge in [0.1, 0.15) is 17.2 Å². The Morgan fingerprint density at radius 3 is 1.89 bits per heavy atom. The number of hydrogen-bond acceptors (Lipinski definition) is 9. The van der Waals surface area contributed by atoms with Gasteiger partial charge in [0.15, 0.2) is 6.61 Å². The molecule has 38 heavy (non-hydrogen) atoms. The number of hydrogen-bond donors (Lipinski definition) is 1. The number of carboxylic acids is 1. The minimum Gasteiger partial charge on any atom is -0.482 e. The molecule has 0 saturated heterocycles. The predicted octanol–water partition coefficient (Wildman–Crippen LogP) is 4.66. The van der Waals surface area contributed by atoms with Crippen LogP contribution in [0.25, 0.3) is 5.57 Å². The molecule has 0 bridgehead atoms. The van der Waals surface area contributed by atoms with Crippen molar-refractivity contribution in [1.82, 2.24) is 0 Å². The van der Waals surface area contributed by atoms with Crippen molar-refractivity contribution in [2.24, 2.45) is 0 Å². The third-order valence-electron chi connectivity index (χ3n) is 4.63. The van der Waals surface area contributed by atoms with E-state index in [0.29, 0.717) is 28.2 Å². The fourth-order valence-corrected chi connectivity index (χ4v) is 5.95. The molecule has 202 valence electrons. The van der Waals surface area contributed by atoms with Gasteiger partial charge in [-0.25, -0.2) is 4.79 Å². The van der Waals surface area contributed by atoms with Crippen molar-refractivity contribution in [3.8, 4) is 17.2 Å². The second kappa shape index (κ2) is 12.9. The molecule has 0 spiro atoms. The summed E-state index contributed by atoms with van der Waals surface area (Å²) in [5, 5.41) is 8.80. The molecule has 1 N–H and O–H groups in total. The first-order valence-electron chi connectivity index (χ1n) is 10.8. The topological polar surface area (TPSA) is 133 Å². The Labute approximate surface area is 239 Å². The zero-order chi connectivity index (χ0) is 27.9. The smallest absolute Gasteiger partial charge is 0.341 e. The van der Waals surface area contributed by atoms with Crippen LogP contribution in [0.1, 0.15) is 11.1 Å². The van der Waals surface area contributed by atoms with Crippen molar-refractivity contribution < 1.29 is 39.8 Å². The lowest BCUT2D eigenvalue weighted by atomic mass is 9.96. The van der Waals surface area contributed by atoms with Crippen molar-refractivity contribution in [2.45, 2.75) is 4.90 Å². The van der Waals surface area contributed by atoms with Crippen LogP contribution < -0.4 is 13.1 Å². The molecule has 3 rings (SSSR count). The molecule has 0 aromatic heterocycles. The molecule has 0 amide bonds. The zero-order valence-electron chi connectivity index (χ0n) is 20.2. The molecule has 13 heteroatoms. The standard InChI is InChI=1S/C25H23IO9S3/c1-37(29,30)34-22-9-5-3-7-19(22)18(20-8-4-6-10-23(20)35-38(2,31)32)13-14-36-24-12-11-17(15-21(24)26)33-16-25(27)28/h3-13,15H,14,16H2,1-2H3,(H,27,28). The number of para-hydroxylation sites is 2. The lowest BCUT2D eigenvalue weighted by Gasteiger charge is -2.16. The van der Waals surface area contributed by atoms with E-state index in [1.807, 2.05) is 6.08 Å². The number of thioether (sulfide) groups is 1. The molecule has 0 aliphatic rings. The highest BCUT2D eigenvalue weighted by Crippen LogP contribution is 2.38. The minimum absolute atomic E-state index is 0.0786. The van der Waals surface area contributed by atoms with Gasteiger partial charge in [-0.2, -0.15) is 16.8 Å². The Balaban J connectivity index is 2.02. The predicted molar refractivity (Wildman–Crippen MR) is 154 cm³/mol. The molecule has 0 radical (unpaired) electrons. The highest BCUT2D eigenvalue weighted by Gasteiger charge is 2.19. The van der Waals surface area contributed by atoms with Gasteiger partial charge in [-0.3, -0.25) is 0 Å². The number of aliphatic carboxylic acids is 1. The van der Waals surface area contributed by atoms with Crippen molar-refractivity contribution in [3.63, 3.8) is 0 Å². The second-order valence-electron chi connectivity index (χ2n) is 7.77. The van der Waals surface area contributed by atoms with Gasteiger partial charge < -0.3 is 18.2 Å². The fourth-order valence-electron chi connectivity index (χ4n) is 3.26. The Kier molecular flexibility index (Phi) is 10.1. The Bertz CT molecular complexity index is 1490. The van der Waals surface area contributed by atoms with Gasteiger partial charge in [0.2, 0.25) is 0 Å². The Hall–Kier alpha value is -2.75. The molecule has 9 nitrogen and oxygen atoms in total. The molecule has 3 aromatic carbocycles. The number of rotatable bonds is 12. The summed E-state index contributed by atoms with van der Waals surface area (Å²) in [5.41, 5.74) is 1.36. The zero-order valence-corrected chi connectivity index (χ0v) is 24.8. The quantitative estimate of drug-likeness (QED) is 0.163. The largest absolute Gasteiger partial charge is 0.482 e. The van der Waals surface area contributed by atoms with Crippen LogP contribution in [0.4, 0.5) is 0 Å². The lowest BCUT2D eigenvalue weighted by molar-refractivity contribution is -0.139. The number of benzene rings is 3. The van der Waals surface area contributed by atoms with Crippen molar-refractivity contribution in [3.05, 3.63) is 87.5 Å². The number of ether oxygens (including phenoxy) is 1. The van der Waals surface area contributed by atoms with Crippen LogP contribution >= 0.6 is 34.4 Å². The van der Waals surface area contributed by atoms with Crippen molar-refractivity contribution in [1.29, 1.82) is 0 Å². The molecular weight excluding hydrogens is 667 g/mol. The minimum atomic E-state index is -3.85. The molecule has 0 fully saturated rings. The maximum absolute atomic E-state index is 11.9. The van der Waals surface area contributed by atoms with Crippen LogP contribution in [-0.4, -0.2) is 52.8 Å². The first-order chi connectivity index (χ1) is 17.8. The van der Waals surface area contributed by atoms with Crippen LogP contribution in [0.3, 0.4) is 0 Å². The lowest BCUT2D eigenvalue weighted by Crippen LogP contribution is -2.09. The van der Waals surface area contributed by atoms with Gasteiger partial charge in [-0.1, -0.05) is 42.5 Å². The highest BCUT2D eigenvalue weighted by atomic mass is 127. The molecule has 0 atom stereocenters. The third kappa shape index (κ3) is 9.22. The van der Waals surface area contributed by atoms with Gasteiger partial charge in [-0.05, 0) is 58.5 Å². The first kappa shape index (κ1) is 29.8. The summed E-state index contributed by atoms with van der Waals surface area (Å²) < 4.78 is 64.2. The molecule has 0 heterocycles. The van der Waals surface area contributed by atoms with Crippen molar-refractivity contribution >= 4 is 66.1 Å². The number of carboxylic acid groups (broad SMARTS) is 1. The second-order valence-corrected chi connectivity index (χ2v) is 13.1. The molecule has 0 saturated carbocycles. The summed E-state index contributed by atoms with van der Waals surface area (Å²) in [4.78, 5) is 11.6. The molecule has 3 aromatic rings. The summed E-state index contributed by atoms with van der Waals surface area (Å²) in [6.45, 7) is -0.446. The first-order valence-corrected chi connectivity index (χ1v) is 16.5. The van der Waals surface area contributed by atoms with Crippen LogP contribution in [0.5, 0.6) is 17.2 Å². The Morgan fingerprint density at radius 1 is 0.895 bits per heavy atom. The van der Waals surface area contributed by atoms with E-state index in [4.69, 9.17) is 18.2 Å². The van der Waals surface area contributed by atoms with E-state index in [0.717, 1.165) is 21.0 Å². The summed E-state index contributed by atoms with van der Waals surface area (Å²) >= 11 is 3.58. The normalized spacial score (nSPS) is 11.4. The van der Waals surface area contributed by atoms with E-state index >= 15 is 0 Å². The summed E-state index contributed by atoms with van der Waals surface area (Å²) in [6.07, 6.45) is 3.70.